The second kappa shape index (κ2) is 7.59. The molecule has 2 spiro atoms. The minimum absolute atomic E-state index is 0.0552. The van der Waals surface area contributed by atoms with Gasteiger partial charge in [0.05, 0.1) is 47.1 Å². The van der Waals surface area contributed by atoms with Gasteiger partial charge in [0.1, 0.15) is 5.60 Å². The summed E-state index contributed by atoms with van der Waals surface area (Å²) in [5, 5.41) is 19.5. The van der Waals surface area contributed by atoms with Crippen molar-refractivity contribution in [1.29, 1.82) is 5.26 Å². The van der Waals surface area contributed by atoms with Gasteiger partial charge in [0.2, 0.25) is 5.91 Å². The monoisotopic (exact) mass is 470 g/mol. The molecule has 2 saturated carbocycles. The molecule has 3 aliphatic rings. The highest BCUT2D eigenvalue weighted by molar-refractivity contribution is 5.95. The second-order valence-electron chi connectivity index (χ2n) is 11.5. The molecule has 8 nitrogen and oxygen atoms in total. The molecule has 35 heavy (non-hydrogen) atoms. The van der Waals surface area contributed by atoms with E-state index in [-0.39, 0.29) is 11.3 Å². The van der Waals surface area contributed by atoms with E-state index in [1.165, 1.54) is 12.8 Å². The smallest absolute Gasteiger partial charge is 0.228 e. The van der Waals surface area contributed by atoms with Gasteiger partial charge in [-0.15, -0.1) is 0 Å². The van der Waals surface area contributed by atoms with E-state index in [1.54, 1.807) is 31.1 Å². The van der Waals surface area contributed by atoms with Crippen LogP contribution >= 0.6 is 0 Å². The summed E-state index contributed by atoms with van der Waals surface area (Å²) in [7, 11) is 0. The Morgan fingerprint density at radius 1 is 1.17 bits per heavy atom. The third-order valence-electron chi connectivity index (χ3n) is 8.62. The molecule has 3 aromatic rings. The number of rotatable bonds is 4. The van der Waals surface area contributed by atoms with Crippen molar-refractivity contribution >= 4 is 22.8 Å². The van der Waals surface area contributed by atoms with Crippen molar-refractivity contribution in [1.82, 2.24) is 19.5 Å². The Morgan fingerprint density at radius 2 is 1.97 bits per heavy atom. The lowest BCUT2D eigenvalue weighted by atomic mass is 9.63. The second-order valence-corrected chi connectivity index (χ2v) is 11.5. The van der Waals surface area contributed by atoms with Gasteiger partial charge in [-0.3, -0.25) is 14.7 Å². The third-order valence-corrected chi connectivity index (χ3v) is 8.62. The van der Waals surface area contributed by atoms with Crippen LogP contribution < -0.4 is 4.90 Å². The molecule has 0 unspecified atom stereocenters. The van der Waals surface area contributed by atoms with Crippen LogP contribution in [0.2, 0.25) is 0 Å². The van der Waals surface area contributed by atoms with Crippen molar-refractivity contribution in [2.75, 3.05) is 11.4 Å². The molecule has 1 saturated heterocycles. The quantitative estimate of drug-likeness (QED) is 0.619. The highest BCUT2D eigenvalue weighted by Gasteiger charge is 2.58. The Bertz CT molecular complexity index is 1340. The predicted molar refractivity (Wildman–Crippen MR) is 130 cm³/mol. The number of aliphatic hydroxyl groups is 1. The van der Waals surface area contributed by atoms with Gasteiger partial charge in [-0.25, -0.2) is 9.97 Å². The standard InChI is InChI=1S/C27H30N6O2/c1-25(2,35)22-13-30-23(14-29-22)33-16-26(11-24(33)34)5-6-27(7-8-27)19(10-26)15-32-17-31-20-4-3-18(12-28)9-21(20)32/h3-4,9,13-14,17,19,35H,5-8,10-11,15-16H2,1-2H3/t19-,26-/m1/s1. The van der Waals surface area contributed by atoms with Gasteiger partial charge in [-0.1, -0.05) is 0 Å². The summed E-state index contributed by atoms with van der Waals surface area (Å²) in [6.07, 6.45) is 11.3. The summed E-state index contributed by atoms with van der Waals surface area (Å²) < 4.78 is 2.20. The van der Waals surface area contributed by atoms with Gasteiger partial charge < -0.3 is 9.67 Å². The van der Waals surface area contributed by atoms with Crippen molar-refractivity contribution in [2.24, 2.45) is 16.7 Å². The van der Waals surface area contributed by atoms with Crippen molar-refractivity contribution in [3.63, 3.8) is 0 Å². The molecule has 2 atom stereocenters. The molecule has 0 radical (unpaired) electrons. The number of carbonyl (C=O) groups excluding carboxylic acids is 1. The lowest BCUT2D eigenvalue weighted by Gasteiger charge is -2.43. The Hall–Kier alpha value is -3.31. The molecule has 3 heterocycles. The van der Waals surface area contributed by atoms with Gasteiger partial charge in [0.15, 0.2) is 5.82 Å². The van der Waals surface area contributed by atoms with Crippen LogP contribution in [0, 0.1) is 28.1 Å². The molecule has 1 N–H and O–H groups in total. The molecular formula is C27H30N6O2. The van der Waals surface area contributed by atoms with Gasteiger partial charge in [-0.2, -0.15) is 5.26 Å². The van der Waals surface area contributed by atoms with E-state index in [0.717, 1.165) is 36.8 Å². The van der Waals surface area contributed by atoms with E-state index >= 15 is 0 Å². The number of hydrogen-bond acceptors (Lipinski definition) is 6. The zero-order valence-electron chi connectivity index (χ0n) is 20.2. The van der Waals surface area contributed by atoms with E-state index in [0.29, 0.717) is 41.4 Å². The minimum Gasteiger partial charge on any atom is -0.384 e. The van der Waals surface area contributed by atoms with Gasteiger partial charge in [-0.05, 0) is 80.9 Å². The lowest BCUT2D eigenvalue weighted by Crippen LogP contribution is -2.39. The average Bonchev–Trinajstić information content (AvgIpc) is 3.41. The van der Waals surface area contributed by atoms with Crippen molar-refractivity contribution in [2.45, 2.75) is 64.5 Å². The number of anilines is 1. The maximum absolute atomic E-state index is 13.1. The fraction of sp³-hybridized carbons (Fsp3) is 0.519. The van der Waals surface area contributed by atoms with Crippen molar-refractivity contribution in [3.05, 3.63) is 48.2 Å². The Kier molecular flexibility index (Phi) is 4.81. The molecule has 0 bridgehead atoms. The molecule has 180 valence electrons. The van der Waals surface area contributed by atoms with Gasteiger partial charge >= 0.3 is 0 Å². The number of nitriles is 1. The Morgan fingerprint density at radius 3 is 2.66 bits per heavy atom. The van der Waals surface area contributed by atoms with Gasteiger partial charge in [0.25, 0.3) is 0 Å². The Labute approximate surface area is 204 Å². The number of aromatic nitrogens is 4. The molecule has 1 aliphatic heterocycles. The zero-order chi connectivity index (χ0) is 24.4. The number of benzene rings is 1. The van der Waals surface area contributed by atoms with Crippen LogP contribution in [0.25, 0.3) is 11.0 Å². The summed E-state index contributed by atoms with van der Waals surface area (Å²) in [6.45, 7) is 4.87. The highest BCUT2D eigenvalue weighted by atomic mass is 16.3. The fourth-order valence-corrected chi connectivity index (χ4v) is 6.33. The van der Waals surface area contributed by atoms with Crippen molar-refractivity contribution < 1.29 is 9.90 Å². The lowest BCUT2D eigenvalue weighted by molar-refractivity contribution is -0.118. The van der Waals surface area contributed by atoms with E-state index in [9.17, 15) is 15.2 Å². The summed E-state index contributed by atoms with van der Waals surface area (Å²) in [5.74, 6) is 1.14. The SMILES string of the molecule is CC(C)(O)c1cnc(N2C[C@@]3(CCC4(CC4)[C@@H](Cn4cnc5ccc(C#N)cc54)C3)CC2=O)cn1. The van der Waals surface area contributed by atoms with Crippen LogP contribution in [0.15, 0.2) is 36.9 Å². The number of imidazole rings is 1. The van der Waals surface area contributed by atoms with Crippen LogP contribution in [-0.2, 0) is 16.9 Å². The molecular weight excluding hydrogens is 440 g/mol. The summed E-state index contributed by atoms with van der Waals surface area (Å²) in [6, 6.07) is 7.89. The van der Waals surface area contributed by atoms with Crippen LogP contribution in [0.1, 0.15) is 63.6 Å². The minimum atomic E-state index is -1.07. The summed E-state index contributed by atoms with van der Waals surface area (Å²) in [4.78, 5) is 28.3. The first-order valence-corrected chi connectivity index (χ1v) is 12.4. The number of hydrogen-bond donors (Lipinski definition) is 1. The topological polar surface area (TPSA) is 108 Å². The first-order valence-electron chi connectivity index (χ1n) is 12.4. The van der Waals surface area contributed by atoms with E-state index < -0.39 is 5.60 Å². The third kappa shape index (κ3) is 3.79. The van der Waals surface area contributed by atoms with Crippen LogP contribution in [-0.4, -0.2) is 37.1 Å². The summed E-state index contributed by atoms with van der Waals surface area (Å²) >= 11 is 0. The zero-order valence-corrected chi connectivity index (χ0v) is 20.2. The molecule has 2 aromatic heterocycles. The Balaban J connectivity index is 1.24. The van der Waals surface area contributed by atoms with Gasteiger partial charge in [0, 0.05) is 19.5 Å². The number of carbonyl (C=O) groups is 1. The highest BCUT2D eigenvalue weighted by Crippen LogP contribution is 2.65. The molecule has 6 rings (SSSR count). The van der Waals surface area contributed by atoms with Crippen molar-refractivity contribution in [3.8, 4) is 6.07 Å². The van der Waals surface area contributed by atoms with Crippen LogP contribution in [0.3, 0.4) is 0 Å². The molecule has 8 heteroatoms. The molecule has 1 aromatic carbocycles. The molecule has 3 fully saturated rings. The van der Waals surface area contributed by atoms with E-state index in [2.05, 4.69) is 25.6 Å². The summed E-state index contributed by atoms with van der Waals surface area (Å²) in [5.41, 5.74) is 2.31. The number of nitrogens with zero attached hydrogens (tertiary/aromatic N) is 6. The molecule has 1 amide bonds. The van der Waals surface area contributed by atoms with Crippen LogP contribution in [0.5, 0.6) is 0 Å². The van der Waals surface area contributed by atoms with E-state index in [1.807, 2.05) is 24.5 Å². The fourth-order valence-electron chi connectivity index (χ4n) is 6.33. The first-order chi connectivity index (χ1) is 16.7. The maximum atomic E-state index is 13.1. The maximum Gasteiger partial charge on any atom is 0.228 e. The predicted octanol–water partition coefficient (Wildman–Crippen LogP) is 3.93. The number of fused-ring (bicyclic) bond motifs is 1. The van der Waals surface area contributed by atoms with E-state index in [4.69, 9.17) is 0 Å². The molecule has 2 aliphatic carbocycles. The average molecular weight is 471 g/mol. The number of amides is 1. The normalized spacial score (nSPS) is 25.5. The first kappa shape index (κ1) is 22.2. The van der Waals surface area contributed by atoms with Crippen LogP contribution in [0.4, 0.5) is 5.82 Å². The largest absolute Gasteiger partial charge is 0.384 e.